The molecule has 6 heteroatoms. The molecule has 0 fully saturated rings. The number of aromatic nitrogens is 1. The molecular formula is C15H13BrN2O3. The van der Waals surface area contributed by atoms with E-state index >= 15 is 0 Å². The number of benzene rings is 1. The molecule has 0 atom stereocenters. The van der Waals surface area contributed by atoms with E-state index in [1.807, 2.05) is 25.1 Å². The van der Waals surface area contributed by atoms with Gasteiger partial charge in [0.05, 0.1) is 12.7 Å². The summed E-state index contributed by atoms with van der Waals surface area (Å²) in [6.07, 6.45) is 0. The van der Waals surface area contributed by atoms with E-state index in [1.165, 1.54) is 0 Å². The number of furan rings is 1. The number of methoxy groups -OCH3 is 1. The van der Waals surface area contributed by atoms with Gasteiger partial charge in [-0.05, 0) is 47.1 Å². The van der Waals surface area contributed by atoms with Crippen molar-refractivity contribution in [2.45, 2.75) is 6.92 Å². The van der Waals surface area contributed by atoms with Crippen molar-refractivity contribution in [3.8, 4) is 28.4 Å². The largest absolute Gasteiger partial charge is 0.496 e. The Morgan fingerprint density at radius 1 is 1.24 bits per heavy atom. The fraction of sp³-hybridized carbons (Fsp3) is 0.133. The summed E-state index contributed by atoms with van der Waals surface area (Å²) in [4.78, 5) is 0. The van der Waals surface area contributed by atoms with Crippen LogP contribution in [0.4, 0.5) is 5.82 Å². The predicted molar refractivity (Wildman–Crippen MR) is 83.0 cm³/mol. The zero-order valence-corrected chi connectivity index (χ0v) is 13.1. The molecule has 0 aliphatic heterocycles. The molecule has 108 valence electrons. The van der Waals surface area contributed by atoms with E-state index in [9.17, 15) is 0 Å². The van der Waals surface area contributed by atoms with Crippen LogP contribution in [-0.2, 0) is 0 Å². The molecule has 0 amide bonds. The normalized spacial score (nSPS) is 10.8. The summed E-state index contributed by atoms with van der Waals surface area (Å²) in [6, 6.07) is 9.40. The minimum atomic E-state index is 0.293. The molecule has 3 aromatic rings. The van der Waals surface area contributed by atoms with Gasteiger partial charge in [0.25, 0.3) is 0 Å². The minimum absolute atomic E-state index is 0.293. The third-order valence-corrected chi connectivity index (χ3v) is 3.57. The number of rotatable bonds is 3. The summed E-state index contributed by atoms with van der Waals surface area (Å²) in [7, 11) is 1.61. The Labute approximate surface area is 129 Å². The van der Waals surface area contributed by atoms with Gasteiger partial charge in [0.15, 0.2) is 16.2 Å². The molecule has 2 aromatic heterocycles. The third kappa shape index (κ3) is 2.42. The van der Waals surface area contributed by atoms with E-state index < -0.39 is 0 Å². The van der Waals surface area contributed by atoms with E-state index in [0.717, 1.165) is 11.1 Å². The highest BCUT2D eigenvalue weighted by molar-refractivity contribution is 9.10. The van der Waals surface area contributed by atoms with Gasteiger partial charge in [-0.3, -0.25) is 0 Å². The lowest BCUT2D eigenvalue weighted by Gasteiger charge is -2.09. The third-order valence-electron chi connectivity index (χ3n) is 3.14. The van der Waals surface area contributed by atoms with Crippen molar-refractivity contribution < 1.29 is 13.7 Å². The summed E-state index contributed by atoms with van der Waals surface area (Å²) in [5, 5.41) is 3.86. The molecule has 3 rings (SSSR count). The lowest BCUT2D eigenvalue weighted by atomic mass is 10.0. The van der Waals surface area contributed by atoms with Crippen LogP contribution in [0.25, 0.3) is 22.6 Å². The Kier molecular flexibility index (Phi) is 3.47. The van der Waals surface area contributed by atoms with Crippen LogP contribution in [0.5, 0.6) is 5.75 Å². The first-order chi connectivity index (χ1) is 10.1. The summed E-state index contributed by atoms with van der Waals surface area (Å²) >= 11 is 3.27. The van der Waals surface area contributed by atoms with Gasteiger partial charge in [0.1, 0.15) is 5.75 Å². The van der Waals surface area contributed by atoms with Crippen LogP contribution >= 0.6 is 15.9 Å². The Morgan fingerprint density at radius 3 is 2.71 bits per heavy atom. The number of hydrogen-bond acceptors (Lipinski definition) is 5. The first kappa shape index (κ1) is 13.8. The predicted octanol–water partition coefficient (Wildman–Crippen LogP) is 4.26. The molecule has 1 aromatic carbocycles. The van der Waals surface area contributed by atoms with Gasteiger partial charge in [0.2, 0.25) is 5.76 Å². The van der Waals surface area contributed by atoms with E-state index in [0.29, 0.717) is 33.3 Å². The van der Waals surface area contributed by atoms with Gasteiger partial charge in [-0.1, -0.05) is 16.8 Å². The first-order valence-electron chi connectivity index (χ1n) is 6.26. The van der Waals surface area contributed by atoms with Gasteiger partial charge in [-0.15, -0.1) is 0 Å². The van der Waals surface area contributed by atoms with Crippen molar-refractivity contribution in [1.82, 2.24) is 5.16 Å². The minimum Gasteiger partial charge on any atom is -0.496 e. The average molecular weight is 349 g/mol. The molecule has 0 aliphatic rings. The molecule has 0 unspecified atom stereocenters. The van der Waals surface area contributed by atoms with Crippen LogP contribution in [0.3, 0.4) is 0 Å². The van der Waals surface area contributed by atoms with Crippen LogP contribution in [0.1, 0.15) is 5.56 Å². The lowest BCUT2D eigenvalue weighted by Crippen LogP contribution is -1.93. The fourth-order valence-electron chi connectivity index (χ4n) is 2.18. The smallest absolute Gasteiger partial charge is 0.212 e. The highest BCUT2D eigenvalue weighted by Gasteiger charge is 2.23. The molecule has 0 aliphatic carbocycles. The molecule has 0 bridgehead atoms. The first-order valence-corrected chi connectivity index (χ1v) is 7.05. The standard InChI is InChI=1S/C15H13BrN2O3/c1-8-3-4-10(19-2)9(7-8)13-14(21-18-15(13)17)11-5-6-12(16)20-11/h3-7H,1-2H3,(H2,17,18). The molecular weight excluding hydrogens is 336 g/mol. The molecule has 21 heavy (non-hydrogen) atoms. The van der Waals surface area contributed by atoms with Crippen LogP contribution in [0.2, 0.25) is 0 Å². The van der Waals surface area contributed by atoms with Gasteiger partial charge in [0, 0.05) is 5.56 Å². The van der Waals surface area contributed by atoms with Crippen LogP contribution in [-0.4, -0.2) is 12.3 Å². The molecule has 2 heterocycles. The van der Waals surface area contributed by atoms with Crippen LogP contribution in [0, 0.1) is 6.92 Å². The maximum atomic E-state index is 5.98. The Balaban J connectivity index is 2.24. The summed E-state index contributed by atoms with van der Waals surface area (Å²) in [5.74, 6) is 2.01. The van der Waals surface area contributed by atoms with Crippen molar-refractivity contribution in [1.29, 1.82) is 0 Å². The fourth-order valence-corrected chi connectivity index (χ4v) is 2.49. The van der Waals surface area contributed by atoms with Crippen molar-refractivity contribution >= 4 is 21.7 Å². The molecule has 0 radical (unpaired) electrons. The highest BCUT2D eigenvalue weighted by Crippen LogP contribution is 2.42. The summed E-state index contributed by atoms with van der Waals surface area (Å²) in [5.41, 5.74) is 8.54. The second kappa shape index (κ2) is 5.29. The van der Waals surface area contributed by atoms with Crippen molar-refractivity contribution in [3.63, 3.8) is 0 Å². The molecule has 0 spiro atoms. The molecule has 2 N–H and O–H groups in total. The number of ether oxygens (including phenoxy) is 1. The number of anilines is 1. The lowest BCUT2D eigenvalue weighted by molar-refractivity contribution is 0.414. The van der Waals surface area contributed by atoms with Crippen molar-refractivity contribution in [2.75, 3.05) is 12.8 Å². The highest BCUT2D eigenvalue weighted by atomic mass is 79.9. The zero-order chi connectivity index (χ0) is 15.0. The SMILES string of the molecule is COc1ccc(C)cc1-c1c(N)noc1-c1ccc(Br)o1. The van der Waals surface area contributed by atoms with Crippen molar-refractivity contribution in [2.24, 2.45) is 0 Å². The Hall–Kier alpha value is -2.21. The van der Waals surface area contributed by atoms with E-state index in [1.54, 1.807) is 19.2 Å². The Morgan fingerprint density at radius 2 is 2.05 bits per heavy atom. The van der Waals surface area contributed by atoms with Gasteiger partial charge >= 0.3 is 0 Å². The summed E-state index contributed by atoms with van der Waals surface area (Å²) < 4.78 is 16.9. The van der Waals surface area contributed by atoms with Crippen molar-refractivity contribution in [3.05, 3.63) is 40.6 Å². The number of aryl methyl sites for hydroxylation is 1. The molecule has 5 nitrogen and oxygen atoms in total. The molecule has 0 saturated carbocycles. The van der Waals surface area contributed by atoms with Gasteiger partial charge in [-0.2, -0.15) is 0 Å². The van der Waals surface area contributed by atoms with Crippen LogP contribution < -0.4 is 10.5 Å². The van der Waals surface area contributed by atoms with E-state index in [4.69, 9.17) is 19.4 Å². The number of nitrogens with two attached hydrogens (primary N) is 1. The molecule has 0 saturated heterocycles. The second-order valence-corrected chi connectivity index (χ2v) is 5.36. The zero-order valence-electron chi connectivity index (χ0n) is 11.5. The maximum absolute atomic E-state index is 5.98. The number of nitrogens with zero attached hydrogens (tertiary/aromatic N) is 1. The van der Waals surface area contributed by atoms with E-state index in [2.05, 4.69) is 21.1 Å². The van der Waals surface area contributed by atoms with Crippen LogP contribution in [0.15, 0.2) is 43.9 Å². The topological polar surface area (TPSA) is 74.4 Å². The average Bonchev–Trinajstić information content (AvgIpc) is 3.04. The van der Waals surface area contributed by atoms with E-state index in [-0.39, 0.29) is 0 Å². The van der Waals surface area contributed by atoms with Gasteiger partial charge < -0.3 is 19.4 Å². The second-order valence-electron chi connectivity index (χ2n) is 4.58. The number of hydrogen-bond donors (Lipinski definition) is 1. The number of halogens is 1. The quantitative estimate of drug-likeness (QED) is 0.765. The van der Waals surface area contributed by atoms with Gasteiger partial charge in [-0.25, -0.2) is 0 Å². The maximum Gasteiger partial charge on any atom is 0.212 e. The Bertz CT molecular complexity index is 792. The number of nitrogen functional groups attached to an aromatic ring is 1. The monoisotopic (exact) mass is 348 g/mol. The summed E-state index contributed by atoms with van der Waals surface area (Å²) in [6.45, 7) is 2.00.